The standard InChI is InChI=1S/C19H15ClN2O2S/c1-24-17-10-9-13(11-15(17)20)18(23)22-19(25)21-16-8-4-6-12-5-2-3-7-14(12)16/h2-11H,1H3,(H2,21,22,23,25). The zero-order valence-electron chi connectivity index (χ0n) is 13.4. The van der Waals surface area contributed by atoms with Gasteiger partial charge in [-0.1, -0.05) is 48.0 Å². The van der Waals surface area contributed by atoms with Crippen LogP contribution in [0.1, 0.15) is 10.4 Å². The highest BCUT2D eigenvalue weighted by atomic mass is 35.5. The summed E-state index contributed by atoms with van der Waals surface area (Å²) in [5, 5.41) is 8.41. The summed E-state index contributed by atoms with van der Waals surface area (Å²) < 4.78 is 5.08. The second-order valence-electron chi connectivity index (χ2n) is 5.28. The summed E-state index contributed by atoms with van der Waals surface area (Å²) in [5.74, 6) is 0.164. The van der Waals surface area contributed by atoms with Gasteiger partial charge in [-0.3, -0.25) is 10.1 Å². The predicted molar refractivity (Wildman–Crippen MR) is 106 cm³/mol. The molecule has 0 saturated heterocycles. The smallest absolute Gasteiger partial charge is 0.257 e. The van der Waals surface area contributed by atoms with Gasteiger partial charge in [0.15, 0.2) is 5.11 Å². The van der Waals surface area contributed by atoms with Crippen LogP contribution in [0.15, 0.2) is 60.7 Å². The Labute approximate surface area is 155 Å². The first-order chi connectivity index (χ1) is 12.1. The fourth-order valence-corrected chi connectivity index (χ4v) is 2.93. The maximum Gasteiger partial charge on any atom is 0.257 e. The molecule has 25 heavy (non-hydrogen) atoms. The summed E-state index contributed by atoms with van der Waals surface area (Å²) >= 11 is 11.3. The van der Waals surface area contributed by atoms with Crippen molar-refractivity contribution in [1.82, 2.24) is 5.32 Å². The van der Waals surface area contributed by atoms with E-state index in [-0.39, 0.29) is 11.0 Å². The molecule has 0 spiro atoms. The van der Waals surface area contributed by atoms with Crippen LogP contribution in [0.3, 0.4) is 0 Å². The second kappa shape index (κ2) is 7.51. The number of nitrogens with one attached hydrogen (secondary N) is 2. The van der Waals surface area contributed by atoms with Gasteiger partial charge >= 0.3 is 0 Å². The molecule has 0 aliphatic heterocycles. The van der Waals surface area contributed by atoms with Gasteiger partial charge in [0.25, 0.3) is 5.91 Å². The summed E-state index contributed by atoms with van der Waals surface area (Å²) in [4.78, 5) is 12.3. The van der Waals surface area contributed by atoms with Gasteiger partial charge in [0.2, 0.25) is 0 Å². The first-order valence-electron chi connectivity index (χ1n) is 7.52. The molecule has 0 bridgehead atoms. The van der Waals surface area contributed by atoms with Crippen LogP contribution in [-0.4, -0.2) is 18.1 Å². The first-order valence-corrected chi connectivity index (χ1v) is 8.31. The maximum absolute atomic E-state index is 12.3. The van der Waals surface area contributed by atoms with Gasteiger partial charge in [-0.05, 0) is 41.9 Å². The molecule has 3 aromatic carbocycles. The average Bonchev–Trinajstić information content (AvgIpc) is 2.62. The monoisotopic (exact) mass is 370 g/mol. The molecule has 0 atom stereocenters. The lowest BCUT2D eigenvalue weighted by Crippen LogP contribution is -2.34. The van der Waals surface area contributed by atoms with Crippen LogP contribution >= 0.6 is 23.8 Å². The van der Waals surface area contributed by atoms with Crippen LogP contribution in [0.5, 0.6) is 5.75 Å². The molecule has 0 aliphatic carbocycles. The average molecular weight is 371 g/mol. The highest BCUT2D eigenvalue weighted by molar-refractivity contribution is 7.80. The van der Waals surface area contributed by atoms with Gasteiger partial charge in [-0.25, -0.2) is 0 Å². The van der Waals surface area contributed by atoms with Crippen LogP contribution in [0, 0.1) is 0 Å². The Morgan fingerprint density at radius 2 is 1.84 bits per heavy atom. The Kier molecular flexibility index (Phi) is 5.16. The molecule has 0 heterocycles. The number of benzene rings is 3. The highest BCUT2D eigenvalue weighted by Gasteiger charge is 2.11. The van der Waals surface area contributed by atoms with Gasteiger partial charge in [-0.15, -0.1) is 0 Å². The summed E-state index contributed by atoms with van der Waals surface area (Å²) in [6.45, 7) is 0. The first kappa shape index (κ1) is 17.2. The van der Waals surface area contributed by atoms with E-state index >= 15 is 0 Å². The third-order valence-electron chi connectivity index (χ3n) is 3.68. The number of hydrogen-bond donors (Lipinski definition) is 2. The molecule has 0 fully saturated rings. The summed E-state index contributed by atoms with van der Waals surface area (Å²) in [6.07, 6.45) is 0. The Morgan fingerprint density at radius 1 is 1.08 bits per heavy atom. The lowest BCUT2D eigenvalue weighted by atomic mass is 10.1. The Morgan fingerprint density at radius 3 is 2.60 bits per heavy atom. The van der Waals surface area contributed by atoms with Gasteiger partial charge < -0.3 is 10.1 Å². The number of thiocarbonyl (C=S) groups is 1. The van der Waals surface area contributed by atoms with E-state index in [1.807, 2.05) is 42.5 Å². The number of halogens is 1. The number of rotatable bonds is 3. The SMILES string of the molecule is COc1ccc(C(=O)NC(=S)Nc2cccc3ccccc23)cc1Cl. The molecule has 0 saturated carbocycles. The Bertz CT molecular complexity index is 954. The lowest BCUT2D eigenvalue weighted by Gasteiger charge is -2.12. The minimum absolute atomic E-state index is 0.216. The zero-order chi connectivity index (χ0) is 17.8. The molecule has 1 amide bonds. The van der Waals surface area contributed by atoms with Crippen LogP contribution in [-0.2, 0) is 0 Å². The highest BCUT2D eigenvalue weighted by Crippen LogP contribution is 2.25. The Balaban J connectivity index is 1.73. The largest absolute Gasteiger partial charge is 0.495 e. The zero-order valence-corrected chi connectivity index (χ0v) is 14.9. The van der Waals surface area contributed by atoms with Crippen LogP contribution in [0.25, 0.3) is 10.8 Å². The van der Waals surface area contributed by atoms with Crippen LogP contribution in [0.4, 0.5) is 5.69 Å². The number of carbonyl (C=O) groups is 1. The van der Waals surface area contributed by atoms with E-state index in [0.29, 0.717) is 16.3 Å². The van der Waals surface area contributed by atoms with E-state index in [0.717, 1.165) is 16.5 Å². The van der Waals surface area contributed by atoms with Crippen molar-refractivity contribution in [2.24, 2.45) is 0 Å². The third-order valence-corrected chi connectivity index (χ3v) is 4.18. The van der Waals surface area contributed by atoms with Crippen molar-refractivity contribution in [3.8, 4) is 5.75 Å². The second-order valence-corrected chi connectivity index (χ2v) is 6.10. The molecule has 0 aliphatic rings. The number of carbonyl (C=O) groups excluding carboxylic acids is 1. The van der Waals surface area contributed by atoms with Crippen molar-refractivity contribution in [1.29, 1.82) is 0 Å². The molecule has 126 valence electrons. The van der Waals surface area contributed by atoms with E-state index in [2.05, 4.69) is 10.6 Å². The summed E-state index contributed by atoms with van der Waals surface area (Å²) in [5.41, 5.74) is 1.23. The molecule has 3 rings (SSSR count). The van der Waals surface area contributed by atoms with Crippen LogP contribution in [0.2, 0.25) is 5.02 Å². The van der Waals surface area contributed by atoms with E-state index in [1.165, 1.54) is 13.2 Å². The normalized spacial score (nSPS) is 10.3. The molecule has 4 nitrogen and oxygen atoms in total. The topological polar surface area (TPSA) is 50.4 Å². The number of methoxy groups -OCH3 is 1. The minimum Gasteiger partial charge on any atom is -0.495 e. The maximum atomic E-state index is 12.3. The van der Waals surface area contributed by atoms with Crippen molar-refractivity contribution < 1.29 is 9.53 Å². The fraction of sp³-hybridized carbons (Fsp3) is 0.0526. The molecule has 0 aromatic heterocycles. The molecule has 3 aromatic rings. The summed E-state index contributed by atoms with van der Waals surface area (Å²) in [6, 6.07) is 18.6. The number of hydrogen-bond acceptors (Lipinski definition) is 3. The van der Waals surface area contributed by atoms with Crippen molar-refractivity contribution in [2.75, 3.05) is 12.4 Å². The summed E-state index contributed by atoms with van der Waals surface area (Å²) in [7, 11) is 1.52. The van der Waals surface area contributed by atoms with Crippen molar-refractivity contribution in [3.63, 3.8) is 0 Å². The number of fused-ring (bicyclic) bond motifs is 1. The lowest BCUT2D eigenvalue weighted by molar-refractivity contribution is 0.0977. The minimum atomic E-state index is -0.345. The van der Waals surface area contributed by atoms with Crippen LogP contribution < -0.4 is 15.4 Å². The third kappa shape index (κ3) is 3.90. The quantitative estimate of drug-likeness (QED) is 0.660. The van der Waals surface area contributed by atoms with Gasteiger partial charge in [-0.2, -0.15) is 0 Å². The van der Waals surface area contributed by atoms with Crippen molar-refractivity contribution >= 4 is 51.3 Å². The van der Waals surface area contributed by atoms with E-state index in [4.69, 9.17) is 28.6 Å². The fourth-order valence-electron chi connectivity index (χ4n) is 2.47. The Hall–Kier alpha value is -2.63. The molecule has 0 radical (unpaired) electrons. The molecule has 6 heteroatoms. The molecular weight excluding hydrogens is 356 g/mol. The predicted octanol–water partition coefficient (Wildman–Crippen LogP) is 4.63. The molecular formula is C19H15ClN2O2S. The number of anilines is 1. The van der Waals surface area contributed by atoms with Gasteiger partial charge in [0, 0.05) is 16.6 Å². The number of amides is 1. The number of ether oxygens (including phenoxy) is 1. The molecule has 2 N–H and O–H groups in total. The van der Waals surface area contributed by atoms with E-state index in [9.17, 15) is 4.79 Å². The van der Waals surface area contributed by atoms with Crippen molar-refractivity contribution in [3.05, 3.63) is 71.2 Å². The van der Waals surface area contributed by atoms with Crippen molar-refractivity contribution in [2.45, 2.75) is 0 Å². The molecule has 0 unspecified atom stereocenters. The van der Waals surface area contributed by atoms with E-state index < -0.39 is 0 Å². The van der Waals surface area contributed by atoms with E-state index in [1.54, 1.807) is 12.1 Å². The van der Waals surface area contributed by atoms with Gasteiger partial charge in [0.1, 0.15) is 5.75 Å². The van der Waals surface area contributed by atoms with Gasteiger partial charge in [0.05, 0.1) is 12.1 Å².